The Morgan fingerprint density at radius 3 is 2.88 bits per heavy atom. The summed E-state index contributed by atoms with van der Waals surface area (Å²) in [5, 5.41) is 0.706. The van der Waals surface area contributed by atoms with Crippen LogP contribution in [0.4, 0.5) is 0 Å². The van der Waals surface area contributed by atoms with Crippen molar-refractivity contribution in [1.29, 1.82) is 0 Å². The number of hydrogen-bond donors (Lipinski definition) is 1. The molecule has 2 aromatic rings. The number of nitrogens with zero attached hydrogens (tertiary/aromatic N) is 1. The number of halogens is 1. The molecule has 0 radical (unpaired) electrons. The third-order valence-electron chi connectivity index (χ3n) is 3.97. The van der Waals surface area contributed by atoms with Gasteiger partial charge in [0.05, 0.1) is 24.2 Å². The molecule has 1 atom stereocenters. The lowest BCUT2D eigenvalue weighted by atomic mass is 10.2. The van der Waals surface area contributed by atoms with Gasteiger partial charge in [-0.1, -0.05) is 0 Å². The highest BCUT2D eigenvalue weighted by Gasteiger charge is 2.30. The topological polar surface area (TPSA) is 98.9 Å². The molecule has 0 bridgehead atoms. The summed E-state index contributed by atoms with van der Waals surface area (Å²) in [5.74, 6) is -0.396. The maximum atomic E-state index is 12.9. The highest BCUT2D eigenvalue weighted by molar-refractivity contribution is 7.89. The van der Waals surface area contributed by atoms with Crippen molar-refractivity contribution in [2.24, 2.45) is 5.73 Å². The minimum Gasteiger partial charge on any atom is -0.462 e. The first-order valence-electron chi connectivity index (χ1n) is 7.98. The molecular weight excluding hydrogens is 400 g/mol. The molecule has 1 saturated heterocycles. The lowest BCUT2D eigenvalue weighted by Gasteiger charge is -2.31. The fraction of sp³-hybridized carbons (Fsp3) is 0.438. The molecule has 0 amide bonds. The maximum absolute atomic E-state index is 12.9. The van der Waals surface area contributed by atoms with Gasteiger partial charge in [0.2, 0.25) is 10.0 Å². The number of sulfonamides is 1. The van der Waals surface area contributed by atoms with Gasteiger partial charge in [0.15, 0.2) is 0 Å². The van der Waals surface area contributed by atoms with Crippen LogP contribution in [0.1, 0.15) is 16.6 Å². The zero-order valence-electron chi connectivity index (χ0n) is 14.2. The summed E-state index contributed by atoms with van der Waals surface area (Å²) in [6.45, 7) is 3.19. The summed E-state index contributed by atoms with van der Waals surface area (Å²) in [5.41, 5.74) is 5.59. The van der Waals surface area contributed by atoms with Gasteiger partial charge in [-0.25, -0.2) is 13.2 Å². The molecule has 144 valence electrons. The lowest BCUT2D eigenvalue weighted by molar-refractivity contribution is 0.00451. The second-order valence-electron chi connectivity index (χ2n) is 5.62. The van der Waals surface area contributed by atoms with E-state index in [2.05, 4.69) is 0 Å². The van der Waals surface area contributed by atoms with E-state index in [0.717, 1.165) is 4.70 Å². The van der Waals surface area contributed by atoms with E-state index in [9.17, 15) is 13.2 Å². The third-order valence-corrected chi connectivity index (χ3v) is 6.92. The number of carbonyl (C=O) groups excluding carboxylic acids is 1. The van der Waals surface area contributed by atoms with Crippen LogP contribution in [-0.4, -0.2) is 57.6 Å². The molecule has 1 aromatic heterocycles. The number of thiophene rings is 1. The van der Waals surface area contributed by atoms with E-state index in [4.69, 9.17) is 15.2 Å². The summed E-state index contributed by atoms with van der Waals surface area (Å²) >= 11 is 1.28. The van der Waals surface area contributed by atoms with Crippen LogP contribution in [0, 0.1) is 0 Å². The molecule has 1 unspecified atom stereocenters. The van der Waals surface area contributed by atoms with E-state index in [1.165, 1.54) is 15.6 Å². The quantitative estimate of drug-likeness (QED) is 0.741. The molecule has 1 fully saturated rings. The van der Waals surface area contributed by atoms with Crippen molar-refractivity contribution in [3.8, 4) is 0 Å². The van der Waals surface area contributed by atoms with Crippen molar-refractivity contribution < 1.29 is 22.7 Å². The van der Waals surface area contributed by atoms with Crippen molar-refractivity contribution in [2.45, 2.75) is 17.9 Å². The number of fused-ring (bicyclic) bond motifs is 1. The SMILES string of the molecule is CCOC(=O)c1cc2cc(S(=O)(=O)N3CCOC(CN)C3)ccc2s1.Cl. The molecule has 1 aliphatic rings. The van der Waals surface area contributed by atoms with Crippen LogP contribution in [0.2, 0.25) is 0 Å². The number of morpholine rings is 1. The van der Waals surface area contributed by atoms with Crippen LogP contribution in [0.3, 0.4) is 0 Å². The second-order valence-corrected chi connectivity index (χ2v) is 8.64. The van der Waals surface area contributed by atoms with Gasteiger partial charge in [0, 0.05) is 24.3 Å². The fourth-order valence-electron chi connectivity index (χ4n) is 2.69. The highest BCUT2D eigenvalue weighted by atomic mass is 35.5. The predicted molar refractivity (Wildman–Crippen MR) is 103 cm³/mol. The Morgan fingerprint density at radius 2 is 2.19 bits per heavy atom. The van der Waals surface area contributed by atoms with Crippen LogP contribution in [-0.2, 0) is 19.5 Å². The number of hydrogen-bond acceptors (Lipinski definition) is 7. The molecular formula is C16H21ClN2O5S2. The van der Waals surface area contributed by atoms with Crippen molar-refractivity contribution in [3.05, 3.63) is 29.1 Å². The van der Waals surface area contributed by atoms with Crippen molar-refractivity contribution in [1.82, 2.24) is 4.31 Å². The third kappa shape index (κ3) is 4.19. The average Bonchev–Trinajstić information content (AvgIpc) is 3.05. The number of ether oxygens (including phenoxy) is 2. The number of benzene rings is 1. The number of carbonyl (C=O) groups is 1. The summed E-state index contributed by atoms with van der Waals surface area (Å²) in [4.78, 5) is 12.5. The van der Waals surface area contributed by atoms with Crippen molar-refractivity contribution in [3.63, 3.8) is 0 Å². The normalized spacial score (nSPS) is 18.5. The fourth-order valence-corrected chi connectivity index (χ4v) is 5.12. The first-order chi connectivity index (χ1) is 12.0. The zero-order chi connectivity index (χ0) is 18.0. The first kappa shape index (κ1) is 21.1. The van der Waals surface area contributed by atoms with Crippen LogP contribution in [0.15, 0.2) is 29.2 Å². The number of rotatable bonds is 5. The van der Waals surface area contributed by atoms with E-state index in [1.54, 1.807) is 31.2 Å². The molecule has 3 rings (SSSR count). The Kier molecular flexibility index (Phi) is 7.00. The average molecular weight is 421 g/mol. The Labute approximate surface area is 162 Å². The highest BCUT2D eigenvalue weighted by Crippen LogP contribution is 2.30. The number of esters is 1. The van der Waals surface area contributed by atoms with E-state index in [-0.39, 0.29) is 36.5 Å². The van der Waals surface area contributed by atoms with Crippen LogP contribution in [0.25, 0.3) is 10.1 Å². The second kappa shape index (κ2) is 8.64. The molecule has 1 aromatic carbocycles. The van der Waals surface area contributed by atoms with Gasteiger partial charge in [0.1, 0.15) is 4.88 Å². The van der Waals surface area contributed by atoms with Gasteiger partial charge in [0.25, 0.3) is 0 Å². The minimum atomic E-state index is -3.63. The van der Waals surface area contributed by atoms with Crippen LogP contribution < -0.4 is 5.73 Å². The maximum Gasteiger partial charge on any atom is 0.348 e. The molecule has 0 aliphatic carbocycles. The standard InChI is InChI=1S/C16H20N2O5S2.ClH/c1-2-22-16(19)15-8-11-7-13(3-4-14(11)24-15)25(20,21)18-5-6-23-12(9-17)10-18;/h3-4,7-8,12H,2,5-6,9-10,17H2,1H3;1H. The van der Waals surface area contributed by atoms with Gasteiger partial charge in [-0.05, 0) is 36.6 Å². The molecule has 2 heterocycles. The van der Waals surface area contributed by atoms with E-state index < -0.39 is 16.0 Å². The Morgan fingerprint density at radius 1 is 1.42 bits per heavy atom. The van der Waals surface area contributed by atoms with E-state index >= 15 is 0 Å². The van der Waals surface area contributed by atoms with Gasteiger partial charge < -0.3 is 15.2 Å². The Hall–Kier alpha value is -1.23. The first-order valence-corrected chi connectivity index (χ1v) is 10.2. The van der Waals surface area contributed by atoms with Gasteiger partial charge in [-0.15, -0.1) is 23.7 Å². The van der Waals surface area contributed by atoms with E-state index in [1.807, 2.05) is 0 Å². The Balaban J connectivity index is 0.00000243. The van der Waals surface area contributed by atoms with Gasteiger partial charge in [-0.3, -0.25) is 0 Å². The molecule has 26 heavy (non-hydrogen) atoms. The predicted octanol–water partition coefficient (Wildman–Crippen LogP) is 1.85. The van der Waals surface area contributed by atoms with E-state index in [0.29, 0.717) is 30.0 Å². The van der Waals surface area contributed by atoms with Gasteiger partial charge in [-0.2, -0.15) is 4.31 Å². The molecule has 0 saturated carbocycles. The number of nitrogens with two attached hydrogens (primary N) is 1. The van der Waals surface area contributed by atoms with Crippen molar-refractivity contribution >= 4 is 49.8 Å². The Bertz CT molecular complexity index is 884. The monoisotopic (exact) mass is 420 g/mol. The van der Waals surface area contributed by atoms with Crippen molar-refractivity contribution in [2.75, 3.05) is 32.8 Å². The minimum absolute atomic E-state index is 0. The summed E-state index contributed by atoms with van der Waals surface area (Å²) in [6.07, 6.45) is -0.288. The molecule has 2 N–H and O–H groups in total. The smallest absolute Gasteiger partial charge is 0.348 e. The molecule has 10 heteroatoms. The van der Waals surface area contributed by atoms with Gasteiger partial charge >= 0.3 is 5.97 Å². The summed E-state index contributed by atoms with van der Waals surface area (Å²) in [6, 6.07) is 6.54. The van der Waals surface area contributed by atoms with Crippen LogP contribution >= 0.6 is 23.7 Å². The summed E-state index contributed by atoms with van der Waals surface area (Å²) < 4.78 is 38.4. The lowest BCUT2D eigenvalue weighted by Crippen LogP contribution is -2.48. The van der Waals surface area contributed by atoms with Crippen LogP contribution in [0.5, 0.6) is 0 Å². The molecule has 1 aliphatic heterocycles. The zero-order valence-corrected chi connectivity index (χ0v) is 16.7. The summed E-state index contributed by atoms with van der Waals surface area (Å²) in [7, 11) is -3.63. The molecule has 7 nitrogen and oxygen atoms in total. The largest absolute Gasteiger partial charge is 0.462 e. The molecule has 0 spiro atoms.